The lowest BCUT2D eigenvalue weighted by Crippen LogP contribution is -2.41. The highest BCUT2D eigenvalue weighted by Crippen LogP contribution is 2.11. The third-order valence-electron chi connectivity index (χ3n) is 3.28. The highest BCUT2D eigenvalue weighted by atomic mass is 35.5. The van der Waals surface area contributed by atoms with E-state index in [2.05, 4.69) is 10.3 Å². The number of carbonyl (C=O) groups excluding carboxylic acids is 1. The van der Waals surface area contributed by atoms with E-state index in [1.807, 2.05) is 16.7 Å². The molecule has 3 aromatic heterocycles. The Kier molecular flexibility index (Phi) is 4.13. The number of hydrogen-bond donors (Lipinski definition) is 2. The minimum atomic E-state index is -0.621. The minimum Gasteiger partial charge on any atom is -0.472 e. The lowest BCUT2D eigenvalue weighted by Gasteiger charge is -2.10. The zero-order valence-electron chi connectivity index (χ0n) is 11.7. The van der Waals surface area contributed by atoms with Crippen LogP contribution in [0.4, 0.5) is 0 Å². The summed E-state index contributed by atoms with van der Waals surface area (Å²) in [5.41, 5.74) is 8.28. The minimum absolute atomic E-state index is 0.226. The van der Waals surface area contributed by atoms with E-state index in [4.69, 9.17) is 21.8 Å². The largest absolute Gasteiger partial charge is 0.472 e. The number of aromatic nitrogens is 2. The van der Waals surface area contributed by atoms with E-state index < -0.39 is 6.04 Å². The molecule has 6 nitrogen and oxygen atoms in total. The maximum atomic E-state index is 12.0. The van der Waals surface area contributed by atoms with Crippen LogP contribution < -0.4 is 11.1 Å². The number of halogens is 1. The molecule has 0 fully saturated rings. The summed E-state index contributed by atoms with van der Waals surface area (Å²) >= 11 is 5.92. The Labute approximate surface area is 131 Å². The molecule has 22 heavy (non-hydrogen) atoms. The Morgan fingerprint density at radius 2 is 2.27 bits per heavy atom. The van der Waals surface area contributed by atoms with Crippen molar-refractivity contribution in [1.82, 2.24) is 14.7 Å². The van der Waals surface area contributed by atoms with Crippen molar-refractivity contribution in [3.63, 3.8) is 0 Å². The van der Waals surface area contributed by atoms with Crippen molar-refractivity contribution in [2.24, 2.45) is 5.73 Å². The summed E-state index contributed by atoms with van der Waals surface area (Å²) in [5.74, 6) is -0.226. The molecule has 1 unspecified atom stereocenters. The molecule has 0 radical (unpaired) electrons. The van der Waals surface area contributed by atoms with Gasteiger partial charge in [0.2, 0.25) is 5.91 Å². The van der Waals surface area contributed by atoms with Crippen LogP contribution in [0.5, 0.6) is 0 Å². The van der Waals surface area contributed by atoms with Gasteiger partial charge in [0.25, 0.3) is 0 Å². The molecule has 3 N–H and O–H groups in total. The molecule has 1 amide bonds. The first-order chi connectivity index (χ1) is 10.6. The lowest BCUT2D eigenvalue weighted by molar-refractivity contribution is -0.122. The van der Waals surface area contributed by atoms with Crippen LogP contribution in [0.25, 0.3) is 5.65 Å². The Bertz CT molecular complexity index is 782. The number of hydrogen-bond acceptors (Lipinski definition) is 4. The van der Waals surface area contributed by atoms with Crippen LogP contribution in [-0.4, -0.2) is 21.3 Å². The molecule has 114 valence electrons. The lowest BCUT2D eigenvalue weighted by atomic mass is 10.1. The molecule has 3 heterocycles. The van der Waals surface area contributed by atoms with Crippen LogP contribution in [-0.2, 0) is 17.8 Å². The number of pyridine rings is 1. The van der Waals surface area contributed by atoms with E-state index in [0.717, 1.165) is 16.9 Å². The molecule has 3 aromatic rings. The van der Waals surface area contributed by atoms with Gasteiger partial charge in [-0.1, -0.05) is 11.6 Å². The molecular weight excluding hydrogens is 304 g/mol. The summed E-state index contributed by atoms with van der Waals surface area (Å²) in [6.45, 7) is 0.317. The van der Waals surface area contributed by atoms with Crippen LogP contribution in [0.1, 0.15) is 11.3 Å². The van der Waals surface area contributed by atoms with Crippen molar-refractivity contribution in [2.75, 3.05) is 0 Å². The van der Waals surface area contributed by atoms with E-state index >= 15 is 0 Å². The molecule has 0 spiro atoms. The molecule has 0 aliphatic heterocycles. The van der Waals surface area contributed by atoms with Gasteiger partial charge in [-0.15, -0.1) is 0 Å². The molecular formula is C15H15ClN4O2. The van der Waals surface area contributed by atoms with Crippen molar-refractivity contribution >= 4 is 23.2 Å². The molecule has 0 aliphatic carbocycles. The normalized spacial score (nSPS) is 12.5. The van der Waals surface area contributed by atoms with Gasteiger partial charge < -0.3 is 19.9 Å². The van der Waals surface area contributed by atoms with Crippen LogP contribution in [0.2, 0.25) is 5.02 Å². The monoisotopic (exact) mass is 318 g/mol. The van der Waals surface area contributed by atoms with E-state index in [1.165, 1.54) is 0 Å². The predicted molar refractivity (Wildman–Crippen MR) is 82.4 cm³/mol. The van der Waals surface area contributed by atoms with E-state index in [0.29, 0.717) is 18.0 Å². The second-order valence-electron chi connectivity index (χ2n) is 5.01. The summed E-state index contributed by atoms with van der Waals surface area (Å²) in [7, 11) is 0. The maximum absolute atomic E-state index is 12.0. The molecule has 1 atom stereocenters. The highest BCUT2D eigenvalue weighted by molar-refractivity contribution is 6.30. The number of nitrogens with two attached hydrogens (primary N) is 1. The highest BCUT2D eigenvalue weighted by Gasteiger charge is 2.15. The van der Waals surface area contributed by atoms with E-state index in [-0.39, 0.29) is 5.91 Å². The molecule has 0 saturated heterocycles. The van der Waals surface area contributed by atoms with Gasteiger partial charge in [-0.05, 0) is 30.2 Å². The van der Waals surface area contributed by atoms with Crippen molar-refractivity contribution in [2.45, 2.75) is 19.0 Å². The second kappa shape index (κ2) is 6.21. The Hall–Kier alpha value is -2.31. The smallest absolute Gasteiger partial charge is 0.237 e. The van der Waals surface area contributed by atoms with Crippen LogP contribution >= 0.6 is 11.6 Å². The number of nitrogens with zero attached hydrogens (tertiary/aromatic N) is 2. The average molecular weight is 319 g/mol. The fourth-order valence-corrected chi connectivity index (χ4v) is 2.33. The van der Waals surface area contributed by atoms with Gasteiger partial charge in [-0.2, -0.15) is 0 Å². The molecule has 0 bridgehead atoms. The van der Waals surface area contributed by atoms with Gasteiger partial charge in [0.15, 0.2) is 0 Å². The van der Waals surface area contributed by atoms with E-state index in [9.17, 15) is 4.79 Å². The summed E-state index contributed by atoms with van der Waals surface area (Å²) in [6.07, 6.45) is 7.16. The fourth-order valence-electron chi connectivity index (χ4n) is 2.17. The standard InChI is InChI=1S/C15H15ClN4O2/c16-11-1-2-14-19-12(8-20(14)7-11)6-18-15(21)13(17)5-10-3-4-22-9-10/h1-4,7-9,13H,5-6,17H2,(H,18,21). The van der Waals surface area contributed by atoms with Crippen molar-refractivity contribution < 1.29 is 9.21 Å². The number of rotatable bonds is 5. The van der Waals surface area contributed by atoms with Gasteiger partial charge in [-0.3, -0.25) is 4.79 Å². The van der Waals surface area contributed by atoms with Crippen molar-refractivity contribution in [3.05, 3.63) is 59.4 Å². The van der Waals surface area contributed by atoms with Crippen LogP contribution in [0.3, 0.4) is 0 Å². The molecule has 0 aromatic carbocycles. The quantitative estimate of drug-likeness (QED) is 0.750. The fraction of sp³-hybridized carbons (Fsp3) is 0.200. The number of furan rings is 1. The first kappa shape index (κ1) is 14.6. The van der Waals surface area contributed by atoms with Gasteiger partial charge >= 0.3 is 0 Å². The van der Waals surface area contributed by atoms with Gasteiger partial charge in [-0.25, -0.2) is 4.98 Å². The van der Waals surface area contributed by atoms with Crippen molar-refractivity contribution in [1.29, 1.82) is 0 Å². The number of imidazole rings is 1. The third-order valence-corrected chi connectivity index (χ3v) is 3.50. The summed E-state index contributed by atoms with van der Waals surface area (Å²) < 4.78 is 6.77. The summed E-state index contributed by atoms with van der Waals surface area (Å²) in [4.78, 5) is 16.4. The predicted octanol–water partition coefficient (Wildman–Crippen LogP) is 1.77. The van der Waals surface area contributed by atoms with Gasteiger partial charge in [0, 0.05) is 12.4 Å². The summed E-state index contributed by atoms with van der Waals surface area (Å²) in [6, 6.07) is 4.76. The molecule has 0 saturated carbocycles. The topological polar surface area (TPSA) is 85.6 Å². The number of amides is 1. The molecule has 0 aliphatic rings. The number of carbonyl (C=O) groups is 1. The van der Waals surface area contributed by atoms with Gasteiger partial charge in [0.1, 0.15) is 5.65 Å². The Morgan fingerprint density at radius 3 is 3.05 bits per heavy atom. The van der Waals surface area contributed by atoms with Gasteiger partial charge in [0.05, 0.1) is 35.8 Å². The number of nitrogens with one attached hydrogen (secondary N) is 1. The molecule has 3 rings (SSSR count). The Balaban J connectivity index is 1.59. The Morgan fingerprint density at radius 1 is 1.41 bits per heavy atom. The second-order valence-corrected chi connectivity index (χ2v) is 5.44. The SMILES string of the molecule is NC(Cc1ccoc1)C(=O)NCc1cn2cc(Cl)ccc2n1. The number of fused-ring (bicyclic) bond motifs is 1. The zero-order chi connectivity index (χ0) is 15.5. The first-order valence-electron chi connectivity index (χ1n) is 6.79. The maximum Gasteiger partial charge on any atom is 0.237 e. The molecule has 7 heteroatoms. The first-order valence-corrected chi connectivity index (χ1v) is 7.17. The van der Waals surface area contributed by atoms with Crippen molar-refractivity contribution in [3.8, 4) is 0 Å². The van der Waals surface area contributed by atoms with E-state index in [1.54, 1.807) is 30.9 Å². The van der Waals surface area contributed by atoms with Crippen LogP contribution in [0, 0.1) is 0 Å². The summed E-state index contributed by atoms with van der Waals surface area (Å²) in [5, 5.41) is 3.41. The zero-order valence-corrected chi connectivity index (χ0v) is 12.5. The van der Waals surface area contributed by atoms with Crippen LogP contribution in [0.15, 0.2) is 47.5 Å². The average Bonchev–Trinajstić information content (AvgIpc) is 3.13. The third kappa shape index (κ3) is 3.29.